The fourth-order valence-electron chi connectivity index (χ4n) is 2.75. The van der Waals surface area contributed by atoms with Crippen LogP contribution in [0, 0.1) is 5.92 Å². The zero-order valence-corrected chi connectivity index (χ0v) is 14.2. The first-order valence-corrected chi connectivity index (χ1v) is 7.56. The number of rotatable bonds is 3. The van der Waals surface area contributed by atoms with Crippen molar-refractivity contribution in [2.45, 2.75) is 47.1 Å². The van der Waals surface area contributed by atoms with Crippen LogP contribution in [0.3, 0.4) is 0 Å². The smallest absolute Gasteiger partial charge is 0.131 e. The molecule has 0 radical (unpaired) electrons. The molecule has 1 aromatic rings. The molecule has 0 saturated carbocycles. The molecule has 0 spiro atoms. The Morgan fingerprint density at radius 3 is 2.48 bits per heavy atom. The number of hydrogen-bond acceptors (Lipinski definition) is 2. The summed E-state index contributed by atoms with van der Waals surface area (Å²) >= 11 is 0. The molecule has 0 saturated heterocycles. The van der Waals surface area contributed by atoms with Gasteiger partial charge in [-0.05, 0) is 56.9 Å². The van der Waals surface area contributed by atoms with E-state index in [0.29, 0.717) is 5.92 Å². The maximum atomic E-state index is 6.13. The lowest BCUT2D eigenvalue weighted by Gasteiger charge is -2.33. The fourth-order valence-corrected chi connectivity index (χ4v) is 2.75. The summed E-state index contributed by atoms with van der Waals surface area (Å²) in [6.45, 7) is 12.8. The first kappa shape index (κ1) is 15.7. The van der Waals surface area contributed by atoms with Crippen LogP contribution in [-0.2, 0) is 0 Å². The van der Waals surface area contributed by atoms with Gasteiger partial charge in [-0.25, -0.2) is 0 Å². The second kappa shape index (κ2) is 5.59. The van der Waals surface area contributed by atoms with Crippen molar-refractivity contribution in [3.8, 4) is 11.5 Å². The van der Waals surface area contributed by atoms with Crippen LogP contribution in [-0.4, -0.2) is 12.7 Å². The Bertz CT molecular complexity index is 604. The highest BCUT2D eigenvalue weighted by Gasteiger charge is 2.29. The topological polar surface area (TPSA) is 18.5 Å². The van der Waals surface area contributed by atoms with Crippen molar-refractivity contribution in [2.75, 3.05) is 7.11 Å². The monoisotopic (exact) mass is 286 g/mol. The number of methoxy groups -OCH3 is 1. The molecule has 2 rings (SSSR count). The first-order chi connectivity index (χ1) is 9.79. The van der Waals surface area contributed by atoms with Crippen molar-refractivity contribution in [1.29, 1.82) is 0 Å². The average Bonchev–Trinajstić information content (AvgIpc) is 2.43. The summed E-state index contributed by atoms with van der Waals surface area (Å²) in [7, 11) is 1.71. The summed E-state index contributed by atoms with van der Waals surface area (Å²) < 4.78 is 11.7. The molecule has 0 fully saturated rings. The van der Waals surface area contributed by atoms with Crippen molar-refractivity contribution in [3.05, 3.63) is 35.4 Å². The van der Waals surface area contributed by atoms with Gasteiger partial charge in [0, 0.05) is 17.2 Å². The standard InChI is InChI=1S/C19H26O2/c1-8-13(4)14-9-15-16(12(2)3)11-19(5,6)21-18(15)10-17(14)20-7/h8-12H,1-7H3/b13-8-. The minimum absolute atomic E-state index is 0.283. The van der Waals surface area contributed by atoms with Gasteiger partial charge < -0.3 is 9.47 Å². The summed E-state index contributed by atoms with van der Waals surface area (Å²) in [5, 5.41) is 0. The minimum atomic E-state index is -0.283. The van der Waals surface area contributed by atoms with E-state index in [9.17, 15) is 0 Å². The lowest BCUT2D eigenvalue weighted by molar-refractivity contribution is 0.156. The maximum absolute atomic E-state index is 6.13. The highest BCUT2D eigenvalue weighted by atomic mass is 16.5. The average molecular weight is 286 g/mol. The summed E-state index contributed by atoms with van der Waals surface area (Å²) in [4.78, 5) is 0. The lowest BCUT2D eigenvalue weighted by atomic mass is 9.86. The zero-order valence-electron chi connectivity index (χ0n) is 14.2. The Labute approximate surface area is 128 Å². The Balaban J connectivity index is 2.69. The third kappa shape index (κ3) is 2.99. The number of allylic oxidation sites excluding steroid dienone is 3. The van der Waals surface area contributed by atoms with E-state index in [0.717, 1.165) is 17.1 Å². The van der Waals surface area contributed by atoms with Gasteiger partial charge in [-0.15, -0.1) is 0 Å². The molecular formula is C19H26O2. The van der Waals surface area contributed by atoms with Gasteiger partial charge in [0.05, 0.1) is 7.11 Å². The van der Waals surface area contributed by atoms with Gasteiger partial charge in [0.15, 0.2) is 0 Å². The predicted molar refractivity (Wildman–Crippen MR) is 89.8 cm³/mol. The summed E-state index contributed by atoms with van der Waals surface area (Å²) in [6.07, 6.45) is 4.35. The number of fused-ring (bicyclic) bond motifs is 1. The van der Waals surface area contributed by atoms with E-state index in [4.69, 9.17) is 9.47 Å². The van der Waals surface area contributed by atoms with Crippen molar-refractivity contribution in [3.63, 3.8) is 0 Å². The number of benzene rings is 1. The molecule has 1 heterocycles. The van der Waals surface area contributed by atoms with E-state index in [1.165, 1.54) is 16.7 Å². The molecule has 0 N–H and O–H groups in total. The first-order valence-electron chi connectivity index (χ1n) is 7.56. The van der Waals surface area contributed by atoms with Gasteiger partial charge in [-0.3, -0.25) is 0 Å². The Kier molecular flexibility index (Phi) is 4.18. The molecular weight excluding hydrogens is 260 g/mol. The second-order valence-corrected chi connectivity index (χ2v) is 6.48. The van der Waals surface area contributed by atoms with Crippen LogP contribution in [0.25, 0.3) is 11.1 Å². The fraction of sp³-hybridized carbons (Fsp3) is 0.474. The van der Waals surface area contributed by atoms with E-state index >= 15 is 0 Å². The van der Waals surface area contributed by atoms with Gasteiger partial charge in [0.25, 0.3) is 0 Å². The number of hydrogen-bond donors (Lipinski definition) is 0. The van der Waals surface area contributed by atoms with Crippen molar-refractivity contribution in [1.82, 2.24) is 0 Å². The predicted octanol–water partition coefficient (Wildman–Crippen LogP) is 5.33. The van der Waals surface area contributed by atoms with E-state index < -0.39 is 0 Å². The lowest BCUT2D eigenvalue weighted by Crippen LogP contribution is -2.29. The van der Waals surface area contributed by atoms with Crippen LogP contribution < -0.4 is 9.47 Å². The second-order valence-electron chi connectivity index (χ2n) is 6.48. The Morgan fingerprint density at radius 2 is 1.95 bits per heavy atom. The van der Waals surface area contributed by atoms with Crippen LogP contribution in [0.5, 0.6) is 11.5 Å². The molecule has 0 aromatic heterocycles. The van der Waals surface area contributed by atoms with Gasteiger partial charge in [0.2, 0.25) is 0 Å². The molecule has 1 aliphatic heterocycles. The van der Waals surface area contributed by atoms with E-state index in [2.05, 4.69) is 52.8 Å². The third-order valence-corrected chi connectivity index (χ3v) is 3.97. The number of ether oxygens (including phenoxy) is 2. The quantitative estimate of drug-likeness (QED) is 0.747. The van der Waals surface area contributed by atoms with E-state index in [1.54, 1.807) is 7.11 Å². The zero-order chi connectivity index (χ0) is 15.8. The maximum Gasteiger partial charge on any atom is 0.131 e. The molecule has 2 nitrogen and oxygen atoms in total. The van der Waals surface area contributed by atoms with Crippen LogP contribution in [0.2, 0.25) is 0 Å². The van der Waals surface area contributed by atoms with Gasteiger partial charge >= 0.3 is 0 Å². The highest BCUT2D eigenvalue weighted by molar-refractivity contribution is 5.80. The SMILES string of the molecule is C/C=C(/C)c1cc2c(cc1OC)OC(C)(C)C=C2C(C)C. The molecule has 114 valence electrons. The molecule has 0 bridgehead atoms. The van der Waals surface area contributed by atoms with E-state index in [1.807, 2.05) is 13.0 Å². The Hall–Kier alpha value is -1.70. The van der Waals surface area contributed by atoms with Gasteiger partial charge in [-0.2, -0.15) is 0 Å². The van der Waals surface area contributed by atoms with E-state index in [-0.39, 0.29) is 5.60 Å². The molecule has 1 aliphatic rings. The Morgan fingerprint density at radius 1 is 1.29 bits per heavy atom. The highest BCUT2D eigenvalue weighted by Crippen LogP contribution is 2.43. The van der Waals surface area contributed by atoms with Crippen LogP contribution in [0.15, 0.2) is 24.3 Å². The normalized spacial score (nSPS) is 17.1. The summed E-state index contributed by atoms with van der Waals surface area (Å²) in [5.41, 5.74) is 4.58. The molecule has 0 unspecified atom stereocenters. The molecule has 0 amide bonds. The van der Waals surface area contributed by atoms with Gasteiger partial charge in [0.1, 0.15) is 17.1 Å². The molecule has 21 heavy (non-hydrogen) atoms. The largest absolute Gasteiger partial charge is 0.496 e. The van der Waals surface area contributed by atoms with Crippen molar-refractivity contribution < 1.29 is 9.47 Å². The molecule has 2 heteroatoms. The summed E-state index contributed by atoms with van der Waals surface area (Å²) in [6, 6.07) is 4.22. The van der Waals surface area contributed by atoms with Crippen LogP contribution in [0.1, 0.15) is 52.7 Å². The van der Waals surface area contributed by atoms with Gasteiger partial charge in [-0.1, -0.05) is 19.9 Å². The summed E-state index contributed by atoms with van der Waals surface area (Å²) in [5.74, 6) is 2.24. The molecule has 0 aliphatic carbocycles. The van der Waals surface area contributed by atoms with Crippen LogP contribution in [0.4, 0.5) is 0 Å². The molecule has 1 aromatic carbocycles. The molecule has 0 atom stereocenters. The minimum Gasteiger partial charge on any atom is -0.496 e. The van der Waals surface area contributed by atoms with Crippen LogP contribution >= 0.6 is 0 Å². The van der Waals surface area contributed by atoms with Crippen molar-refractivity contribution >= 4 is 11.1 Å². The van der Waals surface area contributed by atoms with Crippen molar-refractivity contribution in [2.24, 2.45) is 5.92 Å². The third-order valence-electron chi connectivity index (χ3n) is 3.97.